The summed E-state index contributed by atoms with van der Waals surface area (Å²) in [6.45, 7) is 4.72. The van der Waals surface area contributed by atoms with Gasteiger partial charge in [0.05, 0.1) is 37.6 Å². The highest BCUT2D eigenvalue weighted by molar-refractivity contribution is 5.60. The number of hydrogen-bond acceptors (Lipinski definition) is 8. The molecule has 0 fully saturated rings. The smallest absolute Gasteiger partial charge is 0.171 e. The number of nitriles is 2. The van der Waals surface area contributed by atoms with Gasteiger partial charge in [-0.1, -0.05) is 59.1 Å². The van der Waals surface area contributed by atoms with Gasteiger partial charge in [0.25, 0.3) is 0 Å². The van der Waals surface area contributed by atoms with E-state index in [2.05, 4.69) is 35.8 Å². The molecular weight excluding hydrogens is 580 g/mol. The fourth-order valence-corrected chi connectivity index (χ4v) is 4.55. The van der Waals surface area contributed by atoms with Crippen LogP contribution in [-0.4, -0.2) is 26.4 Å². The van der Waals surface area contributed by atoms with Gasteiger partial charge in [0.1, 0.15) is 50.1 Å². The van der Waals surface area contributed by atoms with Crippen molar-refractivity contribution in [2.24, 2.45) is 0 Å². The Kier molecular flexibility index (Phi) is 13.8. The van der Waals surface area contributed by atoms with Gasteiger partial charge < -0.3 is 28.4 Å². The second-order valence-corrected chi connectivity index (χ2v) is 9.88. The lowest BCUT2D eigenvalue weighted by Crippen LogP contribution is -2.06. The Morgan fingerprint density at radius 1 is 0.500 bits per heavy atom. The standard InChI is InChI=1S/C38H32N2O6/c1-7-11-41-23-31-15-27(5)16-32(24-42-12-8-2)37(31)45-35-19-29(21-39)30(22-40)20-36(35)46-38-33(25-43-13-9-3)17-28(6)18-34(38)26-44-14-10-4/h1-4,15-20H,11-14,23-26H2,5-6H3. The fourth-order valence-electron chi connectivity index (χ4n) is 4.55. The molecule has 0 aliphatic heterocycles. The minimum absolute atomic E-state index is 0.0859. The number of terminal acetylenes is 4. The van der Waals surface area contributed by atoms with Crippen LogP contribution in [0.25, 0.3) is 0 Å². The molecule has 0 unspecified atom stereocenters. The minimum Gasteiger partial charge on any atom is -0.453 e. The molecule has 3 aromatic carbocycles. The fraction of sp³-hybridized carbons (Fsp3) is 0.263. The van der Waals surface area contributed by atoms with Gasteiger partial charge in [0.15, 0.2) is 11.5 Å². The van der Waals surface area contributed by atoms with Crippen LogP contribution in [0.2, 0.25) is 0 Å². The maximum Gasteiger partial charge on any atom is 0.171 e. The molecule has 0 amide bonds. The molecule has 8 heteroatoms. The Bertz CT molecular complexity index is 1590. The van der Waals surface area contributed by atoms with E-state index < -0.39 is 0 Å². The number of ether oxygens (including phenoxy) is 6. The lowest BCUT2D eigenvalue weighted by atomic mass is 10.0. The second kappa shape index (κ2) is 18.2. The lowest BCUT2D eigenvalue weighted by Gasteiger charge is -2.21. The summed E-state index contributed by atoms with van der Waals surface area (Å²) in [5.74, 6) is 10.9. The highest BCUT2D eigenvalue weighted by Crippen LogP contribution is 2.42. The van der Waals surface area contributed by atoms with Crippen LogP contribution in [0.5, 0.6) is 23.0 Å². The van der Waals surface area contributed by atoms with Crippen LogP contribution >= 0.6 is 0 Å². The number of aryl methyl sites for hydroxylation is 2. The number of hydrogen-bond donors (Lipinski definition) is 0. The summed E-state index contributed by atoms with van der Waals surface area (Å²) in [7, 11) is 0. The maximum atomic E-state index is 9.87. The van der Waals surface area contributed by atoms with E-state index >= 15 is 0 Å². The Morgan fingerprint density at radius 2 is 0.783 bits per heavy atom. The first kappa shape index (κ1) is 34.8. The molecule has 8 nitrogen and oxygen atoms in total. The molecule has 3 rings (SSSR count). The third-order valence-electron chi connectivity index (χ3n) is 6.29. The summed E-state index contributed by atoms with van der Waals surface area (Å²) in [4.78, 5) is 0. The molecule has 0 aliphatic rings. The van der Waals surface area contributed by atoms with Gasteiger partial charge in [0.2, 0.25) is 0 Å². The normalized spacial score (nSPS) is 10.0. The van der Waals surface area contributed by atoms with Crippen molar-refractivity contribution in [2.45, 2.75) is 40.3 Å². The predicted octanol–water partition coefficient (Wildman–Crippen LogP) is 6.23. The van der Waals surface area contributed by atoms with Gasteiger partial charge in [0, 0.05) is 34.4 Å². The minimum atomic E-state index is 0.0859. The monoisotopic (exact) mass is 612 g/mol. The van der Waals surface area contributed by atoms with Crippen molar-refractivity contribution in [3.8, 4) is 84.5 Å². The van der Waals surface area contributed by atoms with Crippen molar-refractivity contribution in [3.05, 3.63) is 80.9 Å². The molecule has 0 saturated heterocycles. The zero-order chi connectivity index (χ0) is 33.3. The van der Waals surface area contributed by atoms with Crippen LogP contribution in [0.15, 0.2) is 36.4 Å². The Hall–Kier alpha value is -5.68. The third-order valence-corrected chi connectivity index (χ3v) is 6.29. The average Bonchev–Trinajstić information content (AvgIpc) is 3.04. The number of rotatable bonds is 16. The van der Waals surface area contributed by atoms with Gasteiger partial charge in [-0.15, -0.1) is 25.7 Å². The molecule has 0 atom stereocenters. The van der Waals surface area contributed by atoms with Gasteiger partial charge in [-0.2, -0.15) is 10.5 Å². The van der Waals surface area contributed by atoms with Crippen LogP contribution < -0.4 is 9.47 Å². The molecule has 0 spiro atoms. The van der Waals surface area contributed by atoms with Crippen molar-refractivity contribution in [2.75, 3.05) is 26.4 Å². The van der Waals surface area contributed by atoms with Crippen molar-refractivity contribution in [3.63, 3.8) is 0 Å². The zero-order valence-electron chi connectivity index (χ0n) is 25.8. The summed E-state index contributed by atoms with van der Waals surface area (Å²) >= 11 is 0. The summed E-state index contributed by atoms with van der Waals surface area (Å²) in [5, 5.41) is 19.7. The van der Waals surface area contributed by atoms with Crippen molar-refractivity contribution < 1.29 is 28.4 Å². The molecule has 0 radical (unpaired) electrons. The summed E-state index contributed by atoms with van der Waals surface area (Å²) < 4.78 is 35.7. The second-order valence-electron chi connectivity index (χ2n) is 9.88. The molecule has 230 valence electrons. The van der Waals surface area contributed by atoms with E-state index in [4.69, 9.17) is 54.1 Å². The first-order chi connectivity index (χ1) is 22.4. The lowest BCUT2D eigenvalue weighted by molar-refractivity contribution is 0.144. The highest BCUT2D eigenvalue weighted by atomic mass is 16.5. The van der Waals surface area contributed by atoms with Gasteiger partial charge in [-0.25, -0.2) is 0 Å². The Balaban J connectivity index is 2.22. The van der Waals surface area contributed by atoms with Crippen LogP contribution in [0.3, 0.4) is 0 Å². The molecular formula is C38H32N2O6. The number of nitrogens with zero attached hydrogens (tertiary/aromatic N) is 2. The molecule has 0 aromatic heterocycles. The highest BCUT2D eigenvalue weighted by Gasteiger charge is 2.21. The molecule has 0 N–H and O–H groups in total. The SMILES string of the molecule is C#CCOCc1cc(C)cc(COCC#C)c1Oc1cc(C#N)c(C#N)cc1Oc1c(COCC#C)cc(C)cc1COCC#C. The van der Waals surface area contributed by atoms with Gasteiger partial charge in [-0.3, -0.25) is 0 Å². The van der Waals surface area contributed by atoms with E-state index in [1.165, 1.54) is 12.1 Å². The van der Waals surface area contributed by atoms with E-state index in [-0.39, 0.29) is 75.5 Å². The maximum absolute atomic E-state index is 9.87. The average molecular weight is 613 g/mol. The molecule has 0 heterocycles. The summed E-state index contributed by atoms with van der Waals surface area (Å²) in [5.41, 5.74) is 4.71. The van der Waals surface area contributed by atoms with Gasteiger partial charge in [-0.05, 0) is 13.8 Å². The van der Waals surface area contributed by atoms with Crippen LogP contribution in [0.4, 0.5) is 0 Å². The molecule has 46 heavy (non-hydrogen) atoms. The van der Waals surface area contributed by atoms with Crippen molar-refractivity contribution >= 4 is 0 Å². The van der Waals surface area contributed by atoms with Crippen LogP contribution in [-0.2, 0) is 45.4 Å². The molecule has 3 aromatic rings. The topological polar surface area (TPSA) is 103 Å². The van der Waals surface area contributed by atoms with Crippen LogP contribution in [0, 0.1) is 85.9 Å². The summed E-state index contributed by atoms with van der Waals surface area (Å²) in [6.07, 6.45) is 21.6. The molecule has 0 bridgehead atoms. The first-order valence-electron chi connectivity index (χ1n) is 14.0. The Morgan fingerprint density at radius 3 is 1.02 bits per heavy atom. The Labute approximate surface area is 270 Å². The van der Waals surface area contributed by atoms with Gasteiger partial charge >= 0.3 is 0 Å². The predicted molar refractivity (Wildman–Crippen MR) is 172 cm³/mol. The van der Waals surface area contributed by atoms with E-state index in [1.54, 1.807) is 0 Å². The van der Waals surface area contributed by atoms with Crippen LogP contribution in [0.1, 0.15) is 44.5 Å². The molecule has 0 saturated carbocycles. The largest absolute Gasteiger partial charge is 0.453 e. The summed E-state index contributed by atoms with van der Waals surface area (Å²) in [6, 6.07) is 14.6. The van der Waals surface area contributed by atoms with E-state index in [1.807, 2.05) is 38.1 Å². The zero-order valence-corrected chi connectivity index (χ0v) is 25.8. The van der Waals surface area contributed by atoms with E-state index in [0.717, 1.165) is 11.1 Å². The first-order valence-corrected chi connectivity index (χ1v) is 14.0. The van der Waals surface area contributed by atoms with Crippen molar-refractivity contribution in [1.29, 1.82) is 10.5 Å². The molecule has 0 aliphatic carbocycles. The third kappa shape index (κ3) is 9.66. The number of benzene rings is 3. The van der Waals surface area contributed by atoms with Crippen molar-refractivity contribution in [1.82, 2.24) is 0 Å². The van der Waals surface area contributed by atoms with E-state index in [9.17, 15) is 10.5 Å². The quantitative estimate of drug-likeness (QED) is 0.139. The van der Waals surface area contributed by atoms with E-state index in [0.29, 0.717) is 33.8 Å².